The van der Waals surface area contributed by atoms with Crippen LogP contribution < -0.4 is 0 Å². The molecule has 0 amide bonds. The van der Waals surface area contributed by atoms with Crippen molar-refractivity contribution in [3.63, 3.8) is 0 Å². The van der Waals surface area contributed by atoms with E-state index in [9.17, 15) is 4.79 Å². The molecule has 0 spiro atoms. The number of esters is 1. The Labute approximate surface area is 198 Å². The minimum absolute atomic E-state index is 0.115. The Morgan fingerprint density at radius 2 is 1.00 bits per heavy atom. The second-order valence-corrected chi connectivity index (χ2v) is 8.39. The molecule has 0 aromatic heterocycles. The lowest BCUT2D eigenvalue weighted by Gasteiger charge is -2.07. The number of rotatable bonds is 26. The van der Waals surface area contributed by atoms with Crippen LogP contribution in [0.15, 0.2) is 12.2 Å². The largest absolute Gasteiger partial charge is 0.463 e. The molecule has 0 saturated heterocycles. The third-order valence-corrected chi connectivity index (χ3v) is 5.23. The highest BCUT2D eigenvalue weighted by Gasteiger charge is 2.02. The Balaban J connectivity index is 3.20. The maximum Gasteiger partial charge on any atom is 0.305 e. The molecule has 0 radical (unpaired) electrons. The van der Waals surface area contributed by atoms with Crippen molar-refractivity contribution in [3.8, 4) is 0 Å². The van der Waals surface area contributed by atoms with Crippen LogP contribution in [-0.2, 0) is 23.7 Å². The quantitative estimate of drug-likeness (QED) is 0.0794. The van der Waals surface area contributed by atoms with Gasteiger partial charge in [0.1, 0.15) is 6.61 Å². The van der Waals surface area contributed by atoms with E-state index in [1.165, 1.54) is 70.6 Å². The van der Waals surface area contributed by atoms with Crippen molar-refractivity contribution in [1.82, 2.24) is 0 Å². The Bertz CT molecular complexity index is 398. The van der Waals surface area contributed by atoms with Crippen molar-refractivity contribution < 1.29 is 23.7 Å². The standard InChI is InChI=1S/C27H52O5/c1-3-5-6-7-8-9-10-11-12-13-14-15-16-17-18-19-27(28)32-26-25-31-24-23-30-22-21-29-20-4-2/h11-12H,3-10,13-26H2,1-2H3/b12-11-. The molecule has 0 rings (SSSR count). The second kappa shape index (κ2) is 28.1. The van der Waals surface area contributed by atoms with Gasteiger partial charge in [-0.3, -0.25) is 4.79 Å². The van der Waals surface area contributed by atoms with Gasteiger partial charge >= 0.3 is 5.97 Å². The summed E-state index contributed by atoms with van der Waals surface area (Å²) < 4.78 is 21.3. The Morgan fingerprint density at radius 3 is 1.56 bits per heavy atom. The highest BCUT2D eigenvalue weighted by Crippen LogP contribution is 2.10. The molecule has 0 atom stereocenters. The summed E-state index contributed by atoms with van der Waals surface area (Å²) in [5.41, 5.74) is 0. The molecule has 0 aliphatic rings. The van der Waals surface area contributed by atoms with Crippen LogP contribution in [0.2, 0.25) is 0 Å². The van der Waals surface area contributed by atoms with Crippen LogP contribution in [0.4, 0.5) is 0 Å². The summed E-state index contributed by atoms with van der Waals surface area (Å²) in [6.45, 7) is 8.15. The maximum atomic E-state index is 11.7. The maximum absolute atomic E-state index is 11.7. The smallest absolute Gasteiger partial charge is 0.305 e. The van der Waals surface area contributed by atoms with E-state index in [0.29, 0.717) is 46.1 Å². The van der Waals surface area contributed by atoms with Crippen LogP contribution in [0.5, 0.6) is 0 Å². The molecule has 0 bridgehead atoms. The zero-order valence-corrected chi connectivity index (χ0v) is 21.3. The first-order valence-corrected chi connectivity index (χ1v) is 13.3. The number of hydrogen-bond acceptors (Lipinski definition) is 5. The van der Waals surface area contributed by atoms with E-state index >= 15 is 0 Å². The molecule has 0 aliphatic carbocycles. The van der Waals surface area contributed by atoms with Gasteiger partial charge in [-0.25, -0.2) is 0 Å². The van der Waals surface area contributed by atoms with E-state index in [1.807, 2.05) is 0 Å². The van der Waals surface area contributed by atoms with Crippen molar-refractivity contribution in [1.29, 1.82) is 0 Å². The molecular weight excluding hydrogens is 404 g/mol. The summed E-state index contributed by atoms with van der Waals surface area (Å²) in [6, 6.07) is 0. The third kappa shape index (κ3) is 27.1. The first-order chi connectivity index (χ1) is 15.8. The van der Waals surface area contributed by atoms with Crippen LogP contribution in [0.3, 0.4) is 0 Å². The minimum Gasteiger partial charge on any atom is -0.463 e. The van der Waals surface area contributed by atoms with E-state index in [4.69, 9.17) is 18.9 Å². The second-order valence-electron chi connectivity index (χ2n) is 8.39. The minimum atomic E-state index is -0.115. The molecule has 0 saturated carbocycles. The van der Waals surface area contributed by atoms with Crippen molar-refractivity contribution in [2.75, 3.05) is 46.2 Å². The van der Waals surface area contributed by atoms with E-state index in [2.05, 4.69) is 26.0 Å². The lowest BCUT2D eigenvalue weighted by Crippen LogP contribution is -2.14. The van der Waals surface area contributed by atoms with Crippen molar-refractivity contribution >= 4 is 5.97 Å². The Hall–Kier alpha value is -0.910. The fraction of sp³-hybridized carbons (Fsp3) is 0.889. The first kappa shape index (κ1) is 31.1. The molecule has 5 heteroatoms. The number of ether oxygens (including phenoxy) is 4. The fourth-order valence-corrected chi connectivity index (χ4v) is 3.31. The Kier molecular flexibility index (Phi) is 27.3. The van der Waals surface area contributed by atoms with Crippen LogP contribution >= 0.6 is 0 Å². The number of carbonyl (C=O) groups is 1. The molecule has 0 aromatic carbocycles. The van der Waals surface area contributed by atoms with Crippen molar-refractivity contribution in [2.24, 2.45) is 0 Å². The molecular formula is C27H52O5. The Morgan fingerprint density at radius 1 is 0.531 bits per heavy atom. The first-order valence-electron chi connectivity index (χ1n) is 13.3. The highest BCUT2D eigenvalue weighted by molar-refractivity contribution is 5.69. The van der Waals surface area contributed by atoms with Gasteiger partial charge in [-0.2, -0.15) is 0 Å². The van der Waals surface area contributed by atoms with Gasteiger partial charge in [0.25, 0.3) is 0 Å². The fourth-order valence-electron chi connectivity index (χ4n) is 3.31. The van der Waals surface area contributed by atoms with Crippen LogP contribution in [-0.4, -0.2) is 52.2 Å². The van der Waals surface area contributed by atoms with Gasteiger partial charge in [-0.05, 0) is 38.5 Å². The molecule has 0 unspecified atom stereocenters. The van der Waals surface area contributed by atoms with E-state index in [1.54, 1.807) is 0 Å². The zero-order chi connectivity index (χ0) is 23.4. The summed E-state index contributed by atoms with van der Waals surface area (Å²) in [7, 11) is 0. The van der Waals surface area contributed by atoms with Gasteiger partial charge in [-0.1, -0.05) is 77.4 Å². The van der Waals surface area contributed by atoms with Gasteiger partial charge in [-0.15, -0.1) is 0 Å². The van der Waals surface area contributed by atoms with Crippen molar-refractivity contribution in [2.45, 2.75) is 110 Å². The molecule has 190 valence electrons. The van der Waals surface area contributed by atoms with Gasteiger partial charge in [0.15, 0.2) is 0 Å². The molecule has 0 fully saturated rings. The number of allylic oxidation sites excluding steroid dienone is 2. The number of unbranched alkanes of at least 4 members (excludes halogenated alkanes) is 11. The van der Waals surface area contributed by atoms with Crippen LogP contribution in [0.25, 0.3) is 0 Å². The van der Waals surface area contributed by atoms with E-state index < -0.39 is 0 Å². The predicted octanol–water partition coefficient (Wildman–Crippen LogP) is 7.03. The van der Waals surface area contributed by atoms with Crippen molar-refractivity contribution in [3.05, 3.63) is 12.2 Å². The molecule has 0 N–H and O–H groups in total. The monoisotopic (exact) mass is 456 g/mol. The van der Waals surface area contributed by atoms with Crippen LogP contribution in [0.1, 0.15) is 110 Å². The van der Waals surface area contributed by atoms with E-state index in [0.717, 1.165) is 25.9 Å². The average molecular weight is 457 g/mol. The van der Waals surface area contributed by atoms with Gasteiger partial charge in [0.05, 0.1) is 33.0 Å². The number of carbonyl (C=O) groups excluding carboxylic acids is 1. The van der Waals surface area contributed by atoms with Gasteiger partial charge in [0, 0.05) is 13.0 Å². The molecule has 0 heterocycles. The summed E-state index contributed by atoms with van der Waals surface area (Å²) >= 11 is 0. The highest BCUT2D eigenvalue weighted by atomic mass is 16.6. The molecule has 0 aliphatic heterocycles. The predicted molar refractivity (Wildman–Crippen MR) is 133 cm³/mol. The summed E-state index contributed by atoms with van der Waals surface area (Å²) in [5.74, 6) is -0.115. The molecule has 32 heavy (non-hydrogen) atoms. The lowest BCUT2D eigenvalue weighted by molar-refractivity contribution is -0.145. The SMILES string of the molecule is CCCCCCCC/C=C\CCCCCCCC(=O)OCCOCCOCCOCCC. The van der Waals surface area contributed by atoms with Gasteiger partial charge < -0.3 is 18.9 Å². The summed E-state index contributed by atoms with van der Waals surface area (Å²) in [4.78, 5) is 11.7. The zero-order valence-electron chi connectivity index (χ0n) is 21.3. The lowest BCUT2D eigenvalue weighted by atomic mass is 10.1. The number of hydrogen-bond donors (Lipinski definition) is 0. The van der Waals surface area contributed by atoms with Crippen LogP contribution in [0, 0.1) is 0 Å². The molecule has 5 nitrogen and oxygen atoms in total. The topological polar surface area (TPSA) is 54.0 Å². The third-order valence-electron chi connectivity index (χ3n) is 5.23. The molecule has 0 aromatic rings. The summed E-state index contributed by atoms with van der Waals surface area (Å²) in [5, 5.41) is 0. The average Bonchev–Trinajstić information content (AvgIpc) is 2.80. The normalized spacial score (nSPS) is 11.4. The summed E-state index contributed by atoms with van der Waals surface area (Å²) in [6.07, 6.45) is 22.6. The van der Waals surface area contributed by atoms with Gasteiger partial charge in [0.2, 0.25) is 0 Å². The van der Waals surface area contributed by atoms with E-state index in [-0.39, 0.29) is 5.97 Å².